The Bertz CT molecular complexity index is 1710. The Hall–Kier alpha value is -4.25. The molecule has 1 amide bonds. The number of amides is 1. The van der Waals surface area contributed by atoms with Gasteiger partial charge in [-0.2, -0.15) is 0 Å². The second-order valence-electron chi connectivity index (χ2n) is 12.3. The number of aryl methyl sites for hydroxylation is 1. The molecule has 2 fully saturated rings. The molecule has 0 unspecified atom stereocenters. The number of ether oxygens (including phenoxy) is 3. The highest BCUT2D eigenvalue weighted by molar-refractivity contribution is 5.78. The summed E-state index contributed by atoms with van der Waals surface area (Å²) in [5, 5.41) is 0.560. The van der Waals surface area contributed by atoms with E-state index in [-0.39, 0.29) is 24.2 Å². The fourth-order valence-corrected chi connectivity index (χ4v) is 5.97. The average molecular weight is 626 g/mol. The number of benzene rings is 3. The Morgan fingerprint density at radius 2 is 1.61 bits per heavy atom. The molecule has 0 N–H and O–H groups in total. The van der Waals surface area contributed by atoms with Crippen LogP contribution in [0.15, 0.2) is 71.5 Å². The molecule has 1 aromatic heterocycles. The fraction of sp³-hybridized carbons (Fsp3) is 0.417. The van der Waals surface area contributed by atoms with Crippen molar-refractivity contribution in [1.29, 1.82) is 0 Å². The average Bonchev–Trinajstić information content (AvgIpc) is 3.06. The van der Waals surface area contributed by atoms with Gasteiger partial charge in [-0.05, 0) is 62.7 Å². The lowest BCUT2D eigenvalue weighted by Crippen LogP contribution is -2.50. The first kappa shape index (κ1) is 31.7. The summed E-state index contributed by atoms with van der Waals surface area (Å²) in [7, 11) is 0. The summed E-state index contributed by atoms with van der Waals surface area (Å²) in [6, 6.07) is 21.3. The van der Waals surface area contributed by atoms with Crippen molar-refractivity contribution in [3.05, 3.63) is 94.0 Å². The number of hydrogen-bond donors (Lipinski definition) is 0. The molecule has 3 aromatic carbocycles. The fourth-order valence-electron chi connectivity index (χ4n) is 5.97. The third-order valence-corrected chi connectivity index (χ3v) is 8.46. The lowest BCUT2D eigenvalue weighted by atomic mass is 10.1. The van der Waals surface area contributed by atoms with Crippen LogP contribution in [0.25, 0.3) is 16.6 Å². The molecule has 2 aliphatic rings. The second-order valence-corrected chi connectivity index (χ2v) is 12.3. The second kappa shape index (κ2) is 14.5. The highest BCUT2D eigenvalue weighted by Gasteiger charge is 2.25. The first-order valence-corrected chi connectivity index (χ1v) is 16.1. The van der Waals surface area contributed by atoms with Crippen LogP contribution in [0.4, 0.5) is 0 Å². The van der Waals surface area contributed by atoms with Gasteiger partial charge in [0.1, 0.15) is 17.3 Å². The van der Waals surface area contributed by atoms with E-state index >= 15 is 0 Å². The molecule has 46 heavy (non-hydrogen) atoms. The molecule has 0 aliphatic carbocycles. The van der Waals surface area contributed by atoms with Gasteiger partial charge in [-0.15, -0.1) is 0 Å². The zero-order valence-corrected chi connectivity index (χ0v) is 27.0. The van der Waals surface area contributed by atoms with Crippen LogP contribution < -0.4 is 15.0 Å². The van der Waals surface area contributed by atoms with Gasteiger partial charge in [-0.3, -0.25) is 24.0 Å². The first-order valence-electron chi connectivity index (χ1n) is 16.1. The molecule has 10 heteroatoms. The maximum Gasteiger partial charge on any atom is 0.266 e. The normalized spacial score (nSPS) is 16.2. The van der Waals surface area contributed by atoms with Gasteiger partial charge in [-0.25, -0.2) is 4.98 Å². The van der Waals surface area contributed by atoms with Crippen LogP contribution in [0.2, 0.25) is 0 Å². The van der Waals surface area contributed by atoms with Crippen molar-refractivity contribution >= 4 is 16.8 Å². The van der Waals surface area contributed by atoms with Gasteiger partial charge in [0.25, 0.3) is 11.5 Å². The molecule has 2 saturated heterocycles. The summed E-state index contributed by atoms with van der Waals surface area (Å²) in [6.07, 6.45) is -0.0722. The van der Waals surface area contributed by atoms with Gasteiger partial charge in [0.15, 0.2) is 6.61 Å². The highest BCUT2D eigenvalue weighted by atomic mass is 16.5. The predicted molar refractivity (Wildman–Crippen MR) is 178 cm³/mol. The summed E-state index contributed by atoms with van der Waals surface area (Å²) < 4.78 is 19.3. The zero-order chi connectivity index (χ0) is 32.0. The molecule has 4 aromatic rings. The maximum absolute atomic E-state index is 14.2. The SMILES string of the molecule is Cc1ccc(OCC(=O)N2CCN(Cc3nc4ccccc4c(=O)n3-c3cc(CN4CCOCC4)ccc3OC(C)C)CC2)cc1. The summed E-state index contributed by atoms with van der Waals surface area (Å²) in [6.45, 7) is 12.9. The van der Waals surface area contributed by atoms with Crippen molar-refractivity contribution in [2.24, 2.45) is 0 Å². The van der Waals surface area contributed by atoms with Crippen LogP contribution in [-0.2, 0) is 22.6 Å². The van der Waals surface area contributed by atoms with Gasteiger partial charge in [0, 0.05) is 45.8 Å². The van der Waals surface area contributed by atoms with E-state index in [2.05, 4.69) is 21.9 Å². The van der Waals surface area contributed by atoms with Crippen molar-refractivity contribution in [3.63, 3.8) is 0 Å². The van der Waals surface area contributed by atoms with Crippen LogP contribution in [0.3, 0.4) is 0 Å². The summed E-state index contributed by atoms with van der Waals surface area (Å²) in [5.74, 6) is 1.94. The van der Waals surface area contributed by atoms with Gasteiger partial charge < -0.3 is 19.1 Å². The van der Waals surface area contributed by atoms with E-state index in [1.54, 1.807) is 4.57 Å². The van der Waals surface area contributed by atoms with E-state index < -0.39 is 0 Å². The lowest BCUT2D eigenvalue weighted by Gasteiger charge is -2.34. The number of piperazine rings is 1. The van der Waals surface area contributed by atoms with Crippen molar-refractivity contribution in [2.45, 2.75) is 40.0 Å². The van der Waals surface area contributed by atoms with Crippen LogP contribution >= 0.6 is 0 Å². The van der Waals surface area contributed by atoms with Crippen LogP contribution in [0.5, 0.6) is 11.5 Å². The standard InChI is InChI=1S/C36H43N5O5/c1-26(2)46-33-13-10-28(23-39-18-20-44-21-19-39)22-32(33)41-34(37-31-7-5-4-6-30(31)36(41)43)24-38-14-16-40(17-15-38)35(42)25-45-29-11-8-27(3)9-12-29/h4-13,22,26H,14-21,23-25H2,1-3H3. The van der Waals surface area contributed by atoms with E-state index in [0.717, 1.165) is 44.0 Å². The van der Waals surface area contributed by atoms with Crippen LogP contribution in [-0.4, -0.2) is 95.4 Å². The minimum absolute atomic E-state index is 0.00819. The van der Waals surface area contributed by atoms with Crippen molar-refractivity contribution in [1.82, 2.24) is 24.3 Å². The van der Waals surface area contributed by atoms with Crippen molar-refractivity contribution < 1.29 is 19.0 Å². The third kappa shape index (κ3) is 7.58. The summed E-state index contributed by atoms with van der Waals surface area (Å²) in [4.78, 5) is 38.7. The van der Waals surface area contributed by atoms with E-state index in [4.69, 9.17) is 19.2 Å². The molecule has 0 spiro atoms. The Morgan fingerprint density at radius 1 is 0.891 bits per heavy atom. The lowest BCUT2D eigenvalue weighted by molar-refractivity contribution is -0.135. The number of morpholine rings is 1. The minimum Gasteiger partial charge on any atom is -0.489 e. The van der Waals surface area contributed by atoms with Gasteiger partial charge in [0.2, 0.25) is 0 Å². The number of rotatable bonds is 10. The number of carbonyl (C=O) groups is 1. The largest absolute Gasteiger partial charge is 0.489 e. The molecular weight excluding hydrogens is 582 g/mol. The highest BCUT2D eigenvalue weighted by Crippen LogP contribution is 2.28. The molecule has 2 aliphatic heterocycles. The van der Waals surface area contributed by atoms with E-state index in [0.29, 0.717) is 66.6 Å². The monoisotopic (exact) mass is 625 g/mol. The number of hydrogen-bond acceptors (Lipinski definition) is 8. The topological polar surface area (TPSA) is 89.4 Å². The molecule has 0 bridgehead atoms. The summed E-state index contributed by atoms with van der Waals surface area (Å²) >= 11 is 0. The Kier molecular flexibility index (Phi) is 9.97. The molecular formula is C36H43N5O5. The Balaban J connectivity index is 1.25. The van der Waals surface area contributed by atoms with Crippen LogP contribution in [0, 0.1) is 6.92 Å². The van der Waals surface area contributed by atoms with Crippen LogP contribution in [0.1, 0.15) is 30.8 Å². The predicted octanol–water partition coefficient (Wildman–Crippen LogP) is 4.04. The van der Waals surface area contributed by atoms with Gasteiger partial charge >= 0.3 is 0 Å². The number of aromatic nitrogens is 2. The van der Waals surface area contributed by atoms with Gasteiger partial charge in [-0.1, -0.05) is 35.9 Å². The Labute approximate surface area is 270 Å². The molecule has 0 radical (unpaired) electrons. The molecule has 6 rings (SSSR count). The third-order valence-electron chi connectivity index (χ3n) is 8.46. The summed E-state index contributed by atoms with van der Waals surface area (Å²) in [5.41, 5.74) is 3.47. The molecule has 3 heterocycles. The number of carbonyl (C=O) groups excluding carboxylic acids is 1. The molecule has 0 atom stereocenters. The van der Waals surface area contributed by atoms with Crippen molar-refractivity contribution in [3.8, 4) is 17.2 Å². The Morgan fingerprint density at radius 3 is 2.35 bits per heavy atom. The molecule has 0 saturated carbocycles. The van der Waals surface area contributed by atoms with E-state index in [9.17, 15) is 9.59 Å². The quantitative estimate of drug-likeness (QED) is 0.261. The van der Waals surface area contributed by atoms with Gasteiger partial charge in [0.05, 0.1) is 42.5 Å². The van der Waals surface area contributed by atoms with Crippen molar-refractivity contribution in [2.75, 3.05) is 59.1 Å². The first-order chi connectivity index (χ1) is 22.3. The zero-order valence-electron chi connectivity index (χ0n) is 27.0. The number of para-hydroxylation sites is 1. The minimum atomic E-state index is -0.125. The molecule has 242 valence electrons. The maximum atomic E-state index is 14.2. The smallest absolute Gasteiger partial charge is 0.266 e. The molecule has 10 nitrogen and oxygen atoms in total. The number of nitrogens with zero attached hydrogens (tertiary/aromatic N) is 5. The van der Waals surface area contributed by atoms with E-state index in [1.165, 1.54) is 0 Å². The number of fused-ring (bicyclic) bond motifs is 1. The van der Waals surface area contributed by atoms with E-state index in [1.807, 2.05) is 80.3 Å².